The van der Waals surface area contributed by atoms with Gasteiger partial charge in [0, 0.05) is 0 Å². The quantitative estimate of drug-likeness (QED) is 0.912. The second-order valence-corrected chi connectivity index (χ2v) is 4.78. The van der Waals surface area contributed by atoms with E-state index in [9.17, 15) is 0 Å². The fourth-order valence-electron chi connectivity index (χ4n) is 2.36. The minimum absolute atomic E-state index is 0.0478. The standard InChI is InChI=1S/C13H13ClN4O/c14-11-16-12(15)18-13(17-11)19-10-7-3-5-8-4-1-2-6-9(8)10/h1-2,4,6,10H,3,5,7H2,(H2,15,16,17,18). The van der Waals surface area contributed by atoms with Gasteiger partial charge in [0.15, 0.2) is 0 Å². The number of nitrogens with two attached hydrogens (primary N) is 1. The van der Waals surface area contributed by atoms with Crippen molar-refractivity contribution in [1.82, 2.24) is 15.0 Å². The molecule has 19 heavy (non-hydrogen) atoms. The van der Waals surface area contributed by atoms with E-state index in [-0.39, 0.29) is 23.3 Å². The summed E-state index contributed by atoms with van der Waals surface area (Å²) in [6, 6.07) is 8.43. The highest BCUT2D eigenvalue weighted by molar-refractivity contribution is 6.28. The zero-order chi connectivity index (χ0) is 13.2. The first-order valence-electron chi connectivity index (χ1n) is 6.14. The summed E-state index contributed by atoms with van der Waals surface area (Å²) in [7, 11) is 0. The molecular weight excluding hydrogens is 264 g/mol. The normalized spacial score (nSPS) is 17.8. The Labute approximate surface area is 115 Å². The molecule has 1 aromatic heterocycles. The monoisotopic (exact) mass is 276 g/mol. The molecule has 2 aromatic rings. The molecule has 0 bridgehead atoms. The molecule has 1 unspecified atom stereocenters. The van der Waals surface area contributed by atoms with Crippen LogP contribution in [0.15, 0.2) is 24.3 Å². The number of ether oxygens (including phenoxy) is 1. The van der Waals surface area contributed by atoms with Gasteiger partial charge in [0.25, 0.3) is 0 Å². The Bertz CT molecular complexity index is 585. The zero-order valence-corrected chi connectivity index (χ0v) is 11.0. The van der Waals surface area contributed by atoms with Gasteiger partial charge in [-0.15, -0.1) is 0 Å². The number of aryl methyl sites for hydroxylation is 1. The van der Waals surface area contributed by atoms with E-state index in [0.717, 1.165) is 19.3 Å². The summed E-state index contributed by atoms with van der Waals surface area (Å²) in [6.45, 7) is 0. The number of aromatic nitrogens is 3. The number of nitrogens with zero attached hydrogens (tertiary/aromatic N) is 3. The summed E-state index contributed by atoms with van der Waals surface area (Å²) < 4.78 is 5.82. The molecule has 5 nitrogen and oxygen atoms in total. The van der Waals surface area contributed by atoms with Gasteiger partial charge < -0.3 is 10.5 Å². The third-order valence-electron chi connectivity index (χ3n) is 3.17. The Morgan fingerprint density at radius 3 is 2.89 bits per heavy atom. The third kappa shape index (κ3) is 2.61. The van der Waals surface area contributed by atoms with Crippen LogP contribution >= 0.6 is 11.6 Å². The van der Waals surface area contributed by atoms with Crippen molar-refractivity contribution in [3.05, 3.63) is 40.7 Å². The first-order valence-corrected chi connectivity index (χ1v) is 6.51. The molecule has 0 amide bonds. The molecule has 1 atom stereocenters. The van der Waals surface area contributed by atoms with Gasteiger partial charge in [-0.1, -0.05) is 24.3 Å². The topological polar surface area (TPSA) is 73.9 Å². The van der Waals surface area contributed by atoms with E-state index in [2.05, 4.69) is 27.1 Å². The van der Waals surface area contributed by atoms with E-state index in [1.807, 2.05) is 12.1 Å². The number of nitrogen functional groups attached to an aromatic ring is 1. The number of anilines is 1. The molecule has 1 aliphatic carbocycles. The fraction of sp³-hybridized carbons (Fsp3) is 0.308. The number of benzene rings is 1. The highest BCUT2D eigenvalue weighted by Gasteiger charge is 2.22. The van der Waals surface area contributed by atoms with E-state index >= 15 is 0 Å². The molecule has 1 aliphatic rings. The molecule has 0 radical (unpaired) electrons. The largest absolute Gasteiger partial charge is 0.455 e. The van der Waals surface area contributed by atoms with Crippen LogP contribution in [-0.2, 0) is 6.42 Å². The predicted molar refractivity (Wildman–Crippen MR) is 72.0 cm³/mol. The molecule has 0 aliphatic heterocycles. The molecule has 98 valence electrons. The van der Waals surface area contributed by atoms with Crippen LogP contribution in [0.2, 0.25) is 5.28 Å². The van der Waals surface area contributed by atoms with Gasteiger partial charge >= 0.3 is 6.01 Å². The first kappa shape index (κ1) is 12.2. The van der Waals surface area contributed by atoms with Crippen LogP contribution in [0.25, 0.3) is 0 Å². The van der Waals surface area contributed by atoms with Crippen LogP contribution in [0.3, 0.4) is 0 Å². The van der Waals surface area contributed by atoms with E-state index in [1.54, 1.807) is 0 Å². The summed E-state index contributed by atoms with van der Waals surface area (Å²) in [5, 5.41) is 0.0478. The maximum atomic E-state index is 5.82. The fourth-order valence-corrected chi connectivity index (χ4v) is 2.52. The lowest BCUT2D eigenvalue weighted by Crippen LogP contribution is -2.16. The third-order valence-corrected chi connectivity index (χ3v) is 3.34. The molecule has 1 aromatic carbocycles. The molecule has 0 saturated carbocycles. The van der Waals surface area contributed by atoms with Gasteiger partial charge in [0.2, 0.25) is 11.2 Å². The van der Waals surface area contributed by atoms with Crippen LogP contribution in [-0.4, -0.2) is 15.0 Å². The maximum absolute atomic E-state index is 5.82. The second-order valence-electron chi connectivity index (χ2n) is 4.44. The smallest absolute Gasteiger partial charge is 0.323 e. The summed E-state index contributed by atoms with van der Waals surface area (Å²) in [4.78, 5) is 11.6. The molecular formula is C13H13ClN4O. The van der Waals surface area contributed by atoms with Gasteiger partial charge in [0.1, 0.15) is 6.10 Å². The Kier molecular flexibility index (Phi) is 3.21. The van der Waals surface area contributed by atoms with Crippen molar-refractivity contribution >= 4 is 17.5 Å². The minimum atomic E-state index is -0.0529. The van der Waals surface area contributed by atoms with E-state index in [4.69, 9.17) is 22.1 Å². The van der Waals surface area contributed by atoms with Crippen molar-refractivity contribution in [2.45, 2.75) is 25.4 Å². The summed E-state index contributed by atoms with van der Waals surface area (Å²) in [5.74, 6) is 0.0686. The Hall–Kier alpha value is -1.88. The van der Waals surface area contributed by atoms with Gasteiger partial charge in [-0.25, -0.2) is 0 Å². The SMILES string of the molecule is Nc1nc(Cl)nc(OC2CCCc3ccccc32)n1. The number of hydrogen-bond donors (Lipinski definition) is 1. The van der Waals surface area contributed by atoms with Gasteiger partial charge in [-0.2, -0.15) is 15.0 Å². The van der Waals surface area contributed by atoms with Crippen LogP contribution < -0.4 is 10.5 Å². The van der Waals surface area contributed by atoms with Gasteiger partial charge in [-0.05, 0) is 42.0 Å². The number of halogens is 1. The molecule has 0 fully saturated rings. The molecule has 0 spiro atoms. The summed E-state index contributed by atoms with van der Waals surface area (Å²) in [5.41, 5.74) is 8.03. The van der Waals surface area contributed by atoms with Crippen LogP contribution in [0, 0.1) is 0 Å². The van der Waals surface area contributed by atoms with E-state index < -0.39 is 0 Å². The van der Waals surface area contributed by atoms with Crippen molar-refractivity contribution < 1.29 is 4.74 Å². The molecule has 6 heteroatoms. The number of fused-ring (bicyclic) bond motifs is 1. The van der Waals surface area contributed by atoms with Crippen LogP contribution in [0.1, 0.15) is 30.1 Å². The molecule has 2 N–H and O–H groups in total. The minimum Gasteiger partial charge on any atom is -0.455 e. The lowest BCUT2D eigenvalue weighted by Gasteiger charge is -2.25. The summed E-state index contributed by atoms with van der Waals surface area (Å²) >= 11 is 5.75. The Morgan fingerprint density at radius 1 is 1.21 bits per heavy atom. The average molecular weight is 277 g/mol. The van der Waals surface area contributed by atoms with Crippen LogP contribution in [0.4, 0.5) is 5.95 Å². The highest BCUT2D eigenvalue weighted by atomic mass is 35.5. The van der Waals surface area contributed by atoms with Gasteiger partial charge in [0.05, 0.1) is 0 Å². The van der Waals surface area contributed by atoms with E-state index in [1.165, 1.54) is 11.1 Å². The zero-order valence-electron chi connectivity index (χ0n) is 10.2. The van der Waals surface area contributed by atoms with Crippen molar-refractivity contribution in [3.8, 4) is 6.01 Å². The van der Waals surface area contributed by atoms with Crippen molar-refractivity contribution in [3.63, 3.8) is 0 Å². The molecule has 3 rings (SSSR count). The Balaban J connectivity index is 1.88. The maximum Gasteiger partial charge on any atom is 0.323 e. The molecule has 0 saturated heterocycles. The predicted octanol–water partition coefficient (Wildman–Crippen LogP) is 2.56. The van der Waals surface area contributed by atoms with Crippen LogP contribution in [0.5, 0.6) is 6.01 Å². The van der Waals surface area contributed by atoms with Gasteiger partial charge in [-0.3, -0.25) is 0 Å². The summed E-state index contributed by atoms with van der Waals surface area (Å²) in [6.07, 6.45) is 3.04. The second kappa shape index (κ2) is 5.01. The average Bonchev–Trinajstić information content (AvgIpc) is 2.38. The van der Waals surface area contributed by atoms with Crippen molar-refractivity contribution in [2.24, 2.45) is 0 Å². The lowest BCUT2D eigenvalue weighted by atomic mass is 9.89. The number of hydrogen-bond acceptors (Lipinski definition) is 5. The highest BCUT2D eigenvalue weighted by Crippen LogP contribution is 2.32. The van der Waals surface area contributed by atoms with E-state index in [0.29, 0.717) is 0 Å². The number of rotatable bonds is 2. The molecule has 1 heterocycles. The lowest BCUT2D eigenvalue weighted by molar-refractivity contribution is 0.167. The Morgan fingerprint density at radius 2 is 2.05 bits per heavy atom. The van der Waals surface area contributed by atoms with Crippen molar-refractivity contribution in [1.29, 1.82) is 0 Å². The van der Waals surface area contributed by atoms with Crippen molar-refractivity contribution in [2.75, 3.05) is 5.73 Å². The first-order chi connectivity index (χ1) is 9.22.